The van der Waals surface area contributed by atoms with E-state index in [1.54, 1.807) is 6.07 Å². The summed E-state index contributed by atoms with van der Waals surface area (Å²) < 4.78 is 5.30. The molecule has 0 aliphatic carbocycles. The van der Waals surface area contributed by atoms with Crippen molar-refractivity contribution >= 4 is 11.0 Å². The van der Waals surface area contributed by atoms with Gasteiger partial charge in [-0.25, -0.2) is 4.98 Å². The van der Waals surface area contributed by atoms with Crippen LogP contribution in [0.3, 0.4) is 0 Å². The molecule has 1 aromatic carbocycles. The van der Waals surface area contributed by atoms with Crippen molar-refractivity contribution in [1.29, 1.82) is 0 Å². The Hall–Kier alpha value is -1.79. The van der Waals surface area contributed by atoms with Crippen molar-refractivity contribution in [1.82, 2.24) is 15.0 Å². The molecule has 3 rings (SSSR count). The molecule has 2 aromatic rings. The fraction of sp³-hybridized carbons (Fsp3) is 0.462. The molecule has 0 unspecified atom stereocenters. The van der Waals surface area contributed by atoms with E-state index in [1.165, 1.54) is 0 Å². The van der Waals surface area contributed by atoms with Crippen LogP contribution in [0, 0.1) is 5.21 Å². The Kier molecular flexibility index (Phi) is 3.52. The van der Waals surface area contributed by atoms with Gasteiger partial charge in [0.15, 0.2) is 5.82 Å². The van der Waals surface area contributed by atoms with Gasteiger partial charge in [0.2, 0.25) is 0 Å². The van der Waals surface area contributed by atoms with Gasteiger partial charge in [-0.2, -0.15) is 0 Å². The van der Waals surface area contributed by atoms with Crippen molar-refractivity contribution < 1.29 is 9.58 Å². The number of ether oxygens (including phenoxy) is 1. The third kappa shape index (κ3) is 2.80. The van der Waals surface area contributed by atoms with Crippen LogP contribution in [0.5, 0.6) is 0 Å². The molecule has 6 heteroatoms. The third-order valence-electron chi connectivity index (χ3n) is 3.30. The van der Waals surface area contributed by atoms with E-state index in [0.717, 1.165) is 32.8 Å². The Bertz CT molecular complexity index is 570. The van der Waals surface area contributed by atoms with Crippen molar-refractivity contribution in [2.45, 2.75) is 6.42 Å². The molecule has 0 amide bonds. The predicted molar refractivity (Wildman–Crippen MR) is 69.5 cm³/mol. The molecule has 0 N–H and O–H groups in total. The number of hydrogen-bond donors (Lipinski definition) is 0. The molecular weight excluding hydrogens is 244 g/mol. The topological polar surface area (TPSA) is 65.2 Å². The molecule has 19 heavy (non-hydrogen) atoms. The number of fused-ring (bicyclic) bond motifs is 1. The largest absolute Gasteiger partial charge is 0.594 e. The zero-order valence-corrected chi connectivity index (χ0v) is 10.7. The standard InChI is InChI=1S/C13H16N4O2/c18-17-12-4-2-1-3-11(12)14-13(15-17)5-6-16-7-9-19-10-8-16/h1-4H,5-10H2. The number of para-hydroxylation sites is 2. The van der Waals surface area contributed by atoms with Crippen molar-refractivity contribution in [3.8, 4) is 0 Å². The Morgan fingerprint density at radius 3 is 2.89 bits per heavy atom. The van der Waals surface area contributed by atoms with Gasteiger partial charge in [0.05, 0.1) is 13.2 Å². The van der Waals surface area contributed by atoms with E-state index in [0.29, 0.717) is 28.1 Å². The van der Waals surface area contributed by atoms with E-state index >= 15 is 0 Å². The minimum atomic E-state index is 0.512. The van der Waals surface area contributed by atoms with Gasteiger partial charge in [-0.05, 0) is 10.9 Å². The molecule has 1 aliphatic rings. The molecule has 1 saturated heterocycles. The minimum Gasteiger partial charge on any atom is -0.594 e. The van der Waals surface area contributed by atoms with Crippen LogP contribution in [0.25, 0.3) is 11.0 Å². The fourth-order valence-electron chi connectivity index (χ4n) is 2.23. The highest BCUT2D eigenvalue weighted by Gasteiger charge is 2.13. The number of morpholine rings is 1. The predicted octanol–water partition coefficient (Wildman–Crippen LogP) is 0.138. The molecule has 0 radical (unpaired) electrons. The lowest BCUT2D eigenvalue weighted by atomic mass is 10.3. The third-order valence-corrected chi connectivity index (χ3v) is 3.30. The second-order valence-electron chi connectivity index (χ2n) is 4.59. The van der Waals surface area contributed by atoms with Gasteiger partial charge in [-0.3, -0.25) is 4.90 Å². The zero-order valence-electron chi connectivity index (χ0n) is 10.7. The van der Waals surface area contributed by atoms with E-state index < -0.39 is 0 Å². The summed E-state index contributed by atoms with van der Waals surface area (Å²) >= 11 is 0. The first-order valence-electron chi connectivity index (χ1n) is 6.48. The Morgan fingerprint density at radius 1 is 1.26 bits per heavy atom. The monoisotopic (exact) mass is 260 g/mol. The Labute approximate surface area is 111 Å². The van der Waals surface area contributed by atoms with Crippen molar-refractivity contribution in [2.24, 2.45) is 0 Å². The van der Waals surface area contributed by atoms with E-state index in [2.05, 4.69) is 15.0 Å². The smallest absolute Gasteiger partial charge is 0.270 e. The summed E-state index contributed by atoms with van der Waals surface area (Å²) in [6, 6.07) is 7.26. The van der Waals surface area contributed by atoms with Crippen molar-refractivity contribution in [3.63, 3.8) is 0 Å². The van der Waals surface area contributed by atoms with Crippen LogP contribution in [-0.4, -0.2) is 47.8 Å². The molecule has 0 atom stereocenters. The normalized spacial score (nSPS) is 16.8. The summed E-state index contributed by atoms with van der Waals surface area (Å²) in [5, 5.41) is 15.8. The molecule has 0 bridgehead atoms. The molecule has 6 nitrogen and oxygen atoms in total. The lowest BCUT2D eigenvalue weighted by Gasteiger charge is -2.25. The van der Waals surface area contributed by atoms with Gasteiger partial charge >= 0.3 is 0 Å². The summed E-state index contributed by atoms with van der Waals surface area (Å²) in [6.45, 7) is 4.29. The average Bonchev–Trinajstić information content (AvgIpc) is 2.46. The van der Waals surface area contributed by atoms with Crippen LogP contribution in [0.15, 0.2) is 24.3 Å². The number of rotatable bonds is 3. The second-order valence-corrected chi connectivity index (χ2v) is 4.59. The van der Waals surface area contributed by atoms with Gasteiger partial charge in [0.25, 0.3) is 5.52 Å². The van der Waals surface area contributed by atoms with Crippen molar-refractivity contribution in [2.75, 3.05) is 32.8 Å². The highest BCUT2D eigenvalue weighted by atomic mass is 16.5. The maximum Gasteiger partial charge on any atom is 0.270 e. The van der Waals surface area contributed by atoms with Gasteiger partial charge in [0.1, 0.15) is 5.52 Å². The highest BCUT2D eigenvalue weighted by Crippen LogP contribution is 2.06. The number of nitrogens with zero attached hydrogens (tertiary/aromatic N) is 4. The maximum absolute atomic E-state index is 11.8. The van der Waals surface area contributed by atoms with Crippen molar-refractivity contribution in [3.05, 3.63) is 35.3 Å². The van der Waals surface area contributed by atoms with Crippen LogP contribution >= 0.6 is 0 Å². The van der Waals surface area contributed by atoms with E-state index in [4.69, 9.17) is 4.74 Å². The molecular formula is C13H16N4O2. The molecule has 0 spiro atoms. The molecule has 100 valence electrons. The van der Waals surface area contributed by atoms with Crippen LogP contribution in [0.2, 0.25) is 0 Å². The molecule has 1 fully saturated rings. The number of aromatic nitrogens is 3. The lowest BCUT2D eigenvalue weighted by molar-refractivity contribution is -0.644. The van der Waals surface area contributed by atoms with Gasteiger partial charge in [0, 0.05) is 37.2 Å². The van der Waals surface area contributed by atoms with Crippen LogP contribution < -0.4 is 4.85 Å². The summed E-state index contributed by atoms with van der Waals surface area (Å²) in [6.07, 6.45) is 0.688. The summed E-state index contributed by atoms with van der Waals surface area (Å²) in [4.78, 5) is 7.40. The van der Waals surface area contributed by atoms with Gasteiger partial charge in [-0.1, -0.05) is 12.1 Å². The van der Waals surface area contributed by atoms with Gasteiger partial charge in [-0.15, -0.1) is 0 Å². The molecule has 2 heterocycles. The first kappa shape index (κ1) is 12.3. The Morgan fingerprint density at radius 2 is 2.05 bits per heavy atom. The first-order chi connectivity index (χ1) is 9.33. The van der Waals surface area contributed by atoms with E-state index in [9.17, 15) is 5.21 Å². The Balaban J connectivity index is 1.73. The first-order valence-corrected chi connectivity index (χ1v) is 6.48. The summed E-state index contributed by atoms with van der Waals surface area (Å²) in [5.74, 6) is 0.597. The van der Waals surface area contributed by atoms with Crippen LogP contribution in [-0.2, 0) is 11.2 Å². The lowest BCUT2D eigenvalue weighted by Crippen LogP contribution is -2.39. The van der Waals surface area contributed by atoms with Crippen LogP contribution in [0.4, 0.5) is 0 Å². The summed E-state index contributed by atoms with van der Waals surface area (Å²) in [7, 11) is 0. The van der Waals surface area contributed by atoms with Gasteiger partial charge < -0.3 is 9.94 Å². The zero-order chi connectivity index (χ0) is 13.1. The fourth-order valence-corrected chi connectivity index (χ4v) is 2.23. The summed E-state index contributed by atoms with van der Waals surface area (Å²) in [5.41, 5.74) is 1.21. The van der Waals surface area contributed by atoms with E-state index in [-0.39, 0.29) is 0 Å². The maximum atomic E-state index is 11.8. The second kappa shape index (κ2) is 5.46. The molecule has 1 aromatic heterocycles. The molecule has 1 aliphatic heterocycles. The average molecular weight is 260 g/mol. The number of benzene rings is 1. The molecule has 0 saturated carbocycles. The highest BCUT2D eigenvalue weighted by molar-refractivity contribution is 5.70. The van der Waals surface area contributed by atoms with Crippen LogP contribution in [0.1, 0.15) is 5.82 Å². The SMILES string of the molecule is [O-][n+]1nc(CCN2CCOCC2)nc2ccccc21. The van der Waals surface area contributed by atoms with E-state index in [1.807, 2.05) is 18.2 Å². The number of hydrogen-bond acceptors (Lipinski definition) is 5. The minimum absolute atomic E-state index is 0.512. The quantitative estimate of drug-likeness (QED) is 0.580.